The minimum Gasteiger partial charge on any atom is -0.497 e. The fourth-order valence-electron chi connectivity index (χ4n) is 2.35. The van der Waals surface area contributed by atoms with E-state index in [0.717, 1.165) is 28.3 Å². The van der Waals surface area contributed by atoms with Crippen LogP contribution in [0, 0.1) is 0 Å². The van der Waals surface area contributed by atoms with Crippen molar-refractivity contribution in [2.45, 2.75) is 6.54 Å². The molecule has 7 heteroatoms. The van der Waals surface area contributed by atoms with Crippen LogP contribution in [-0.2, 0) is 6.54 Å². The molecule has 0 unspecified atom stereocenters. The van der Waals surface area contributed by atoms with Crippen LogP contribution in [0.3, 0.4) is 0 Å². The Balaban J connectivity index is 1.69. The summed E-state index contributed by atoms with van der Waals surface area (Å²) in [5.74, 6) is 1.68. The molecule has 0 saturated carbocycles. The Morgan fingerprint density at radius 3 is 2.90 bits per heavy atom. The maximum Gasteiger partial charge on any atom is 0.153 e. The molecule has 0 amide bonds. The number of anilines is 2. The number of hydrogen-bond acceptors (Lipinski definition) is 6. The predicted octanol–water partition coefficient (Wildman–Crippen LogP) is 1.48. The molecule has 3 aromatic rings. The van der Waals surface area contributed by atoms with Gasteiger partial charge >= 0.3 is 0 Å². The highest BCUT2D eigenvalue weighted by molar-refractivity contribution is 5.70. The lowest BCUT2D eigenvalue weighted by molar-refractivity contribution is 0.415. The zero-order chi connectivity index (χ0) is 13.5. The van der Waals surface area contributed by atoms with Gasteiger partial charge in [-0.1, -0.05) is 5.21 Å². The first kappa shape index (κ1) is 11.0. The summed E-state index contributed by atoms with van der Waals surface area (Å²) in [6.07, 6.45) is 3.41. The zero-order valence-electron chi connectivity index (χ0n) is 10.8. The molecule has 0 atom stereocenters. The number of nitrogens with one attached hydrogen (secondary N) is 1. The molecule has 2 aromatic heterocycles. The molecule has 0 fully saturated rings. The van der Waals surface area contributed by atoms with E-state index < -0.39 is 0 Å². The molecule has 1 aliphatic rings. The maximum absolute atomic E-state index is 5.17. The summed E-state index contributed by atoms with van der Waals surface area (Å²) in [5.41, 5.74) is 6.39. The lowest BCUT2D eigenvalue weighted by atomic mass is 10.2. The molecular weight excluding hydrogens is 256 g/mol. The van der Waals surface area contributed by atoms with Crippen LogP contribution in [0.5, 0.6) is 5.75 Å². The number of fused-ring (bicyclic) bond motifs is 3. The van der Waals surface area contributed by atoms with Crippen molar-refractivity contribution in [3.63, 3.8) is 0 Å². The highest BCUT2D eigenvalue weighted by Crippen LogP contribution is 2.30. The summed E-state index contributed by atoms with van der Waals surface area (Å²) < 4.78 is 6.85. The Hall–Kier alpha value is -2.83. The van der Waals surface area contributed by atoms with Gasteiger partial charge in [0.15, 0.2) is 5.82 Å². The number of benzene rings is 1. The number of rotatable bonds is 2. The second kappa shape index (κ2) is 4.09. The van der Waals surface area contributed by atoms with Gasteiger partial charge in [0.05, 0.1) is 31.1 Å². The summed E-state index contributed by atoms with van der Waals surface area (Å²) in [4.78, 5) is 4.35. The van der Waals surface area contributed by atoms with Gasteiger partial charge in [-0.25, -0.2) is 9.50 Å². The number of aromatic nitrogens is 4. The van der Waals surface area contributed by atoms with E-state index in [2.05, 4.69) is 20.7 Å². The second-order valence-corrected chi connectivity index (χ2v) is 4.53. The van der Waals surface area contributed by atoms with E-state index in [1.165, 1.54) is 0 Å². The van der Waals surface area contributed by atoms with E-state index in [9.17, 15) is 0 Å². The smallest absolute Gasteiger partial charge is 0.153 e. The molecule has 0 aliphatic carbocycles. The van der Waals surface area contributed by atoms with Crippen LogP contribution in [0.2, 0.25) is 0 Å². The molecule has 20 heavy (non-hydrogen) atoms. The van der Waals surface area contributed by atoms with E-state index >= 15 is 0 Å². The van der Waals surface area contributed by atoms with Gasteiger partial charge in [-0.15, -0.1) is 5.10 Å². The molecule has 100 valence electrons. The molecule has 0 radical (unpaired) electrons. The monoisotopic (exact) mass is 268 g/mol. The third-order valence-corrected chi connectivity index (χ3v) is 3.41. The van der Waals surface area contributed by atoms with Crippen molar-refractivity contribution in [3.05, 3.63) is 42.4 Å². The van der Waals surface area contributed by atoms with Crippen molar-refractivity contribution >= 4 is 17.0 Å². The van der Waals surface area contributed by atoms with Crippen LogP contribution >= 0.6 is 0 Å². The highest BCUT2D eigenvalue weighted by atomic mass is 16.5. The van der Waals surface area contributed by atoms with Gasteiger partial charge in [-0.2, -0.15) is 0 Å². The number of hydrazine groups is 1. The average Bonchev–Trinajstić information content (AvgIpc) is 3.12. The molecule has 0 saturated heterocycles. The molecule has 7 nitrogen and oxygen atoms in total. The summed E-state index contributed by atoms with van der Waals surface area (Å²) >= 11 is 0. The first-order valence-electron chi connectivity index (χ1n) is 6.21. The van der Waals surface area contributed by atoms with Crippen LogP contribution in [-0.4, -0.2) is 26.9 Å². The molecule has 1 aliphatic heterocycles. The minimum atomic E-state index is 0.715. The maximum atomic E-state index is 5.17. The Morgan fingerprint density at radius 1 is 1.25 bits per heavy atom. The first-order chi connectivity index (χ1) is 9.85. The zero-order valence-corrected chi connectivity index (χ0v) is 10.8. The topological polar surface area (TPSA) is 67.6 Å². The SMILES string of the molecule is COc1ccc(N2Cc3c(ncn4nncc34)N2)cc1. The summed E-state index contributed by atoms with van der Waals surface area (Å²) in [7, 11) is 1.66. The van der Waals surface area contributed by atoms with Gasteiger partial charge in [0.25, 0.3) is 0 Å². The van der Waals surface area contributed by atoms with Crippen molar-refractivity contribution < 1.29 is 4.74 Å². The van der Waals surface area contributed by atoms with Gasteiger partial charge < -0.3 is 4.74 Å². The lowest BCUT2D eigenvalue weighted by Gasteiger charge is -2.18. The molecule has 0 spiro atoms. The Morgan fingerprint density at radius 2 is 2.10 bits per heavy atom. The molecule has 3 heterocycles. The van der Waals surface area contributed by atoms with Crippen molar-refractivity contribution in [1.82, 2.24) is 19.8 Å². The van der Waals surface area contributed by atoms with Gasteiger partial charge in [-0.05, 0) is 24.3 Å². The Bertz CT molecular complexity index is 766. The van der Waals surface area contributed by atoms with E-state index in [4.69, 9.17) is 4.74 Å². The van der Waals surface area contributed by atoms with E-state index in [1.807, 2.05) is 29.3 Å². The highest BCUT2D eigenvalue weighted by Gasteiger charge is 2.23. The molecular formula is C13H12N6O. The summed E-state index contributed by atoms with van der Waals surface area (Å²) in [5, 5.41) is 9.90. The summed E-state index contributed by atoms with van der Waals surface area (Å²) in [6.45, 7) is 0.715. The number of hydrogen-bond donors (Lipinski definition) is 1. The van der Waals surface area contributed by atoms with Crippen molar-refractivity contribution in [1.29, 1.82) is 0 Å². The Kier molecular flexibility index (Phi) is 2.26. The number of ether oxygens (including phenoxy) is 1. The van der Waals surface area contributed by atoms with Gasteiger partial charge in [0.1, 0.15) is 12.1 Å². The van der Waals surface area contributed by atoms with Gasteiger partial charge in [0.2, 0.25) is 0 Å². The van der Waals surface area contributed by atoms with Crippen molar-refractivity contribution in [2.24, 2.45) is 0 Å². The van der Waals surface area contributed by atoms with Crippen LogP contribution in [0.4, 0.5) is 11.5 Å². The standard InChI is InChI=1S/C13H12N6O/c1-20-10-4-2-9(3-5-10)18-7-11-12-6-15-17-19(12)8-14-13(11)16-18/h2-6,8,16H,7H2,1H3. The van der Waals surface area contributed by atoms with E-state index in [-0.39, 0.29) is 0 Å². The fraction of sp³-hybridized carbons (Fsp3) is 0.154. The molecule has 1 aromatic carbocycles. The summed E-state index contributed by atoms with van der Waals surface area (Å²) in [6, 6.07) is 7.87. The van der Waals surface area contributed by atoms with Crippen molar-refractivity contribution in [3.8, 4) is 5.75 Å². The van der Waals surface area contributed by atoms with Crippen LogP contribution in [0.15, 0.2) is 36.8 Å². The number of methoxy groups -OCH3 is 1. The first-order valence-corrected chi connectivity index (χ1v) is 6.21. The predicted molar refractivity (Wildman–Crippen MR) is 73.6 cm³/mol. The molecule has 4 rings (SSSR count). The third-order valence-electron chi connectivity index (χ3n) is 3.41. The minimum absolute atomic E-state index is 0.715. The average molecular weight is 268 g/mol. The van der Waals surface area contributed by atoms with Crippen molar-refractivity contribution in [2.75, 3.05) is 17.5 Å². The van der Waals surface area contributed by atoms with Gasteiger partial charge in [0, 0.05) is 5.56 Å². The second-order valence-electron chi connectivity index (χ2n) is 4.53. The van der Waals surface area contributed by atoms with Gasteiger partial charge in [-0.3, -0.25) is 10.4 Å². The quantitative estimate of drug-likeness (QED) is 0.759. The molecule has 0 bridgehead atoms. The lowest BCUT2D eigenvalue weighted by Crippen LogP contribution is -2.22. The normalized spacial score (nSPS) is 13.3. The van der Waals surface area contributed by atoms with Crippen LogP contribution in [0.25, 0.3) is 5.52 Å². The fourth-order valence-corrected chi connectivity index (χ4v) is 2.35. The largest absolute Gasteiger partial charge is 0.497 e. The molecule has 1 N–H and O–H groups in total. The van der Waals surface area contributed by atoms with E-state index in [1.54, 1.807) is 24.1 Å². The Labute approximate surface area is 114 Å². The van der Waals surface area contributed by atoms with Crippen LogP contribution in [0.1, 0.15) is 5.56 Å². The third kappa shape index (κ3) is 1.56. The van der Waals surface area contributed by atoms with Crippen LogP contribution < -0.4 is 15.2 Å². The van der Waals surface area contributed by atoms with E-state index in [0.29, 0.717) is 6.54 Å². The number of nitrogens with zero attached hydrogens (tertiary/aromatic N) is 5.